The molecule has 2 heteroatoms. The van der Waals surface area contributed by atoms with Crippen molar-refractivity contribution in [3.05, 3.63) is 23.8 Å². The fraction of sp³-hybridized carbons (Fsp3) is 0.783. The highest BCUT2D eigenvalue weighted by molar-refractivity contribution is 5.91. The quantitative estimate of drug-likeness (QED) is 0.574. The van der Waals surface area contributed by atoms with E-state index in [1.54, 1.807) is 0 Å². The summed E-state index contributed by atoms with van der Waals surface area (Å²) < 4.78 is 6.47. The molecule has 0 N–H and O–H groups in total. The standard InChI is InChI=1S/C23H32O2/c1-14-12-16-13-17(24)4-5-18(16)19-6-9-22(3)20(21(14)19)7-10-23(22)15(2)8-11-25-23/h13-14,18-21H,2,4-12H2,1,3H3/t14-,18+,19-,20+,21-,22+,23+/m1/s1. The Bertz CT molecular complexity index is 661. The average Bonchev–Trinajstić information content (AvgIpc) is 3.09. The van der Waals surface area contributed by atoms with Gasteiger partial charge in [-0.15, -0.1) is 0 Å². The molecule has 136 valence electrons. The van der Waals surface area contributed by atoms with Crippen LogP contribution in [0.3, 0.4) is 0 Å². The summed E-state index contributed by atoms with van der Waals surface area (Å²) in [5.41, 5.74) is 3.12. The van der Waals surface area contributed by atoms with Gasteiger partial charge in [-0.05, 0) is 86.2 Å². The van der Waals surface area contributed by atoms with Crippen molar-refractivity contribution >= 4 is 5.78 Å². The van der Waals surface area contributed by atoms with Crippen molar-refractivity contribution in [1.82, 2.24) is 0 Å². The van der Waals surface area contributed by atoms with Crippen LogP contribution in [0.15, 0.2) is 23.8 Å². The monoisotopic (exact) mass is 340 g/mol. The Morgan fingerprint density at radius 3 is 2.80 bits per heavy atom. The van der Waals surface area contributed by atoms with E-state index in [2.05, 4.69) is 20.4 Å². The summed E-state index contributed by atoms with van der Waals surface area (Å²) in [7, 11) is 0. The topological polar surface area (TPSA) is 26.3 Å². The molecule has 4 fully saturated rings. The maximum absolute atomic E-state index is 11.9. The fourth-order valence-corrected chi connectivity index (χ4v) is 8.06. The summed E-state index contributed by atoms with van der Waals surface area (Å²) >= 11 is 0. The van der Waals surface area contributed by atoms with Gasteiger partial charge in [-0.2, -0.15) is 0 Å². The van der Waals surface area contributed by atoms with Gasteiger partial charge in [-0.1, -0.05) is 26.0 Å². The predicted molar refractivity (Wildman–Crippen MR) is 99.1 cm³/mol. The molecule has 5 rings (SSSR count). The van der Waals surface area contributed by atoms with Crippen LogP contribution < -0.4 is 0 Å². The molecule has 0 bridgehead atoms. The average molecular weight is 341 g/mol. The second-order valence-corrected chi connectivity index (χ2v) is 9.88. The van der Waals surface area contributed by atoms with E-state index in [9.17, 15) is 4.79 Å². The molecule has 1 aliphatic heterocycles. The lowest BCUT2D eigenvalue weighted by atomic mass is 9.48. The van der Waals surface area contributed by atoms with Crippen molar-refractivity contribution in [3.63, 3.8) is 0 Å². The molecule has 7 atom stereocenters. The van der Waals surface area contributed by atoms with Gasteiger partial charge >= 0.3 is 0 Å². The normalized spacial score (nSPS) is 51.9. The Hall–Kier alpha value is -0.890. The van der Waals surface area contributed by atoms with Crippen LogP contribution >= 0.6 is 0 Å². The van der Waals surface area contributed by atoms with E-state index in [1.807, 2.05) is 6.08 Å². The Balaban J connectivity index is 1.51. The molecule has 0 unspecified atom stereocenters. The minimum absolute atomic E-state index is 0.0268. The van der Waals surface area contributed by atoms with Gasteiger partial charge in [0.2, 0.25) is 0 Å². The summed E-state index contributed by atoms with van der Waals surface area (Å²) in [4.78, 5) is 11.9. The van der Waals surface area contributed by atoms with E-state index in [4.69, 9.17) is 4.74 Å². The van der Waals surface area contributed by atoms with Crippen molar-refractivity contribution in [2.75, 3.05) is 6.61 Å². The molecule has 2 nitrogen and oxygen atoms in total. The Morgan fingerprint density at radius 2 is 2.04 bits per heavy atom. The number of ketones is 1. The molecule has 0 aromatic heterocycles. The molecule has 3 saturated carbocycles. The summed E-state index contributed by atoms with van der Waals surface area (Å²) in [5, 5.41) is 0. The predicted octanol–water partition coefficient (Wildman–Crippen LogP) is 5.09. The molecule has 1 spiro atoms. The SMILES string of the molecule is C=C1CCO[C@@]12CC[C@H]1[C@H]3[C@H](CC[C@@]12C)[C@H]1CCC(=O)C=C1C[C@H]3C. The van der Waals surface area contributed by atoms with Gasteiger partial charge in [-0.25, -0.2) is 0 Å². The minimum atomic E-state index is -0.0268. The largest absolute Gasteiger partial charge is 0.370 e. The van der Waals surface area contributed by atoms with Crippen LogP contribution in [0, 0.1) is 35.0 Å². The third-order valence-electron chi connectivity index (χ3n) is 9.08. The minimum Gasteiger partial charge on any atom is -0.370 e. The summed E-state index contributed by atoms with van der Waals surface area (Å²) in [6.07, 6.45) is 11.2. The first-order valence-electron chi connectivity index (χ1n) is 10.5. The van der Waals surface area contributed by atoms with E-state index in [1.165, 1.54) is 36.8 Å². The Morgan fingerprint density at radius 1 is 1.20 bits per heavy atom. The number of hydrogen-bond acceptors (Lipinski definition) is 2. The molecular formula is C23H32O2. The Kier molecular flexibility index (Phi) is 3.46. The third-order valence-corrected chi connectivity index (χ3v) is 9.08. The van der Waals surface area contributed by atoms with Crippen molar-refractivity contribution in [3.8, 4) is 0 Å². The first-order valence-corrected chi connectivity index (χ1v) is 10.5. The number of fused-ring (bicyclic) bond motifs is 6. The number of allylic oxidation sites excluding steroid dienone is 1. The van der Waals surface area contributed by atoms with Crippen molar-refractivity contribution in [2.45, 2.75) is 70.8 Å². The van der Waals surface area contributed by atoms with Crippen LogP contribution in [0.2, 0.25) is 0 Å². The van der Waals surface area contributed by atoms with Gasteiger partial charge in [0.05, 0.1) is 12.2 Å². The molecule has 0 amide bonds. The zero-order chi connectivity index (χ0) is 17.4. The first-order chi connectivity index (χ1) is 12.0. The molecule has 25 heavy (non-hydrogen) atoms. The van der Waals surface area contributed by atoms with Crippen molar-refractivity contribution in [1.29, 1.82) is 0 Å². The van der Waals surface area contributed by atoms with Gasteiger partial charge in [0.1, 0.15) is 0 Å². The highest BCUT2D eigenvalue weighted by Crippen LogP contribution is 2.69. The molecule has 1 saturated heterocycles. The van der Waals surface area contributed by atoms with E-state index in [0.29, 0.717) is 17.6 Å². The van der Waals surface area contributed by atoms with Crippen LogP contribution in [-0.2, 0) is 9.53 Å². The molecule has 5 aliphatic rings. The molecule has 4 aliphatic carbocycles. The lowest BCUT2D eigenvalue weighted by Gasteiger charge is -2.58. The molecule has 0 aromatic carbocycles. The lowest BCUT2D eigenvalue weighted by Crippen LogP contribution is -2.54. The summed E-state index contributed by atoms with van der Waals surface area (Å²) in [6.45, 7) is 10.3. The second-order valence-electron chi connectivity index (χ2n) is 9.88. The maximum atomic E-state index is 11.9. The zero-order valence-corrected chi connectivity index (χ0v) is 15.9. The molecule has 0 radical (unpaired) electrons. The number of rotatable bonds is 0. The van der Waals surface area contributed by atoms with E-state index in [-0.39, 0.29) is 11.0 Å². The number of carbonyl (C=O) groups excluding carboxylic acids is 1. The van der Waals surface area contributed by atoms with Crippen LogP contribution in [0.25, 0.3) is 0 Å². The fourth-order valence-electron chi connectivity index (χ4n) is 8.06. The molecular weight excluding hydrogens is 308 g/mol. The number of ether oxygens (including phenoxy) is 1. The van der Waals surface area contributed by atoms with Gasteiger partial charge in [-0.3, -0.25) is 4.79 Å². The van der Waals surface area contributed by atoms with Crippen molar-refractivity contribution < 1.29 is 9.53 Å². The van der Waals surface area contributed by atoms with Crippen LogP contribution in [-0.4, -0.2) is 18.0 Å². The number of hydrogen-bond donors (Lipinski definition) is 0. The maximum Gasteiger partial charge on any atom is 0.155 e. The van der Waals surface area contributed by atoms with Crippen LogP contribution in [0.1, 0.15) is 65.2 Å². The molecule has 0 aromatic rings. The second kappa shape index (κ2) is 5.31. The summed E-state index contributed by atoms with van der Waals surface area (Å²) in [6, 6.07) is 0. The smallest absolute Gasteiger partial charge is 0.155 e. The molecule has 1 heterocycles. The van der Waals surface area contributed by atoms with Crippen LogP contribution in [0.4, 0.5) is 0 Å². The van der Waals surface area contributed by atoms with Gasteiger partial charge < -0.3 is 4.74 Å². The number of carbonyl (C=O) groups is 1. The highest BCUT2D eigenvalue weighted by atomic mass is 16.5. The van der Waals surface area contributed by atoms with E-state index in [0.717, 1.165) is 50.0 Å². The summed E-state index contributed by atoms with van der Waals surface area (Å²) in [5.74, 6) is 4.14. The highest BCUT2D eigenvalue weighted by Gasteiger charge is 2.66. The third kappa shape index (κ3) is 1.98. The van der Waals surface area contributed by atoms with E-state index >= 15 is 0 Å². The van der Waals surface area contributed by atoms with Gasteiger partial charge in [0.25, 0.3) is 0 Å². The van der Waals surface area contributed by atoms with Crippen LogP contribution in [0.5, 0.6) is 0 Å². The zero-order valence-electron chi connectivity index (χ0n) is 15.9. The lowest BCUT2D eigenvalue weighted by molar-refractivity contribution is -0.123. The van der Waals surface area contributed by atoms with Crippen molar-refractivity contribution in [2.24, 2.45) is 35.0 Å². The van der Waals surface area contributed by atoms with E-state index < -0.39 is 0 Å². The Labute approximate surface area is 152 Å². The first kappa shape index (κ1) is 16.3. The van der Waals surface area contributed by atoms with Gasteiger partial charge in [0, 0.05) is 11.8 Å². The van der Waals surface area contributed by atoms with Gasteiger partial charge in [0.15, 0.2) is 5.78 Å².